The second-order valence-corrected chi connectivity index (χ2v) is 5.26. The molecule has 0 bridgehead atoms. The molecule has 0 unspecified atom stereocenters. The molecule has 0 radical (unpaired) electrons. The fourth-order valence-electron chi connectivity index (χ4n) is 2.55. The van der Waals surface area contributed by atoms with E-state index < -0.39 is 0 Å². The number of piperidine rings is 1. The van der Waals surface area contributed by atoms with E-state index in [4.69, 9.17) is 4.74 Å². The summed E-state index contributed by atoms with van der Waals surface area (Å²) in [6.07, 6.45) is 4.58. The molecular formula is C14H27NO3. The Bertz CT molecular complexity index is 241. The molecule has 0 aromatic heterocycles. The highest BCUT2D eigenvalue weighted by molar-refractivity contribution is 5.69. The van der Waals surface area contributed by atoms with Gasteiger partial charge in [0.05, 0.1) is 6.61 Å². The van der Waals surface area contributed by atoms with Crippen LogP contribution in [0.1, 0.15) is 46.0 Å². The Labute approximate surface area is 110 Å². The number of carbonyl (C=O) groups is 1. The molecule has 1 heterocycles. The lowest BCUT2D eigenvalue weighted by Crippen LogP contribution is -2.42. The van der Waals surface area contributed by atoms with Gasteiger partial charge < -0.3 is 14.7 Å². The maximum atomic E-state index is 11.2. The van der Waals surface area contributed by atoms with Gasteiger partial charge in [-0.15, -0.1) is 0 Å². The number of aliphatic hydroxyl groups is 1. The average molecular weight is 257 g/mol. The van der Waals surface area contributed by atoms with Gasteiger partial charge in [0.25, 0.3) is 0 Å². The second kappa shape index (κ2) is 7.74. The maximum Gasteiger partial charge on any atom is 0.305 e. The summed E-state index contributed by atoms with van der Waals surface area (Å²) in [6.45, 7) is 7.81. The van der Waals surface area contributed by atoms with Crippen molar-refractivity contribution < 1.29 is 14.6 Å². The van der Waals surface area contributed by atoms with Crippen LogP contribution in [0.4, 0.5) is 0 Å². The van der Waals surface area contributed by atoms with Gasteiger partial charge in [-0.3, -0.25) is 4.79 Å². The van der Waals surface area contributed by atoms with Crippen LogP contribution >= 0.6 is 0 Å². The van der Waals surface area contributed by atoms with Crippen LogP contribution < -0.4 is 0 Å². The highest BCUT2D eigenvalue weighted by Crippen LogP contribution is 2.34. The van der Waals surface area contributed by atoms with Gasteiger partial charge in [-0.25, -0.2) is 0 Å². The topological polar surface area (TPSA) is 49.8 Å². The van der Waals surface area contributed by atoms with Crippen molar-refractivity contribution in [3.63, 3.8) is 0 Å². The van der Waals surface area contributed by atoms with Crippen LogP contribution in [0, 0.1) is 5.41 Å². The fraction of sp³-hybridized carbons (Fsp3) is 0.929. The SMILES string of the molecule is CCOC(=O)CCCN1CCC(CC)(CO)CC1. The minimum absolute atomic E-state index is 0.0900. The summed E-state index contributed by atoms with van der Waals surface area (Å²) >= 11 is 0. The Morgan fingerprint density at radius 2 is 2.00 bits per heavy atom. The first kappa shape index (κ1) is 15.4. The number of aliphatic hydroxyl groups excluding tert-OH is 1. The molecule has 0 saturated carbocycles. The largest absolute Gasteiger partial charge is 0.466 e. The number of nitrogens with zero attached hydrogens (tertiary/aromatic N) is 1. The summed E-state index contributed by atoms with van der Waals surface area (Å²) in [4.78, 5) is 13.6. The first-order valence-electron chi connectivity index (χ1n) is 7.14. The Morgan fingerprint density at radius 1 is 1.33 bits per heavy atom. The average Bonchev–Trinajstić information content (AvgIpc) is 2.40. The third-order valence-corrected chi connectivity index (χ3v) is 4.16. The molecule has 0 amide bonds. The van der Waals surface area contributed by atoms with Gasteiger partial charge in [0.15, 0.2) is 0 Å². The molecule has 18 heavy (non-hydrogen) atoms. The minimum Gasteiger partial charge on any atom is -0.466 e. The van der Waals surface area contributed by atoms with E-state index in [1.54, 1.807) is 0 Å². The molecule has 1 saturated heterocycles. The van der Waals surface area contributed by atoms with Gasteiger partial charge in [0.2, 0.25) is 0 Å². The predicted octanol–water partition coefficient (Wildman–Crippen LogP) is 1.81. The number of hydrogen-bond acceptors (Lipinski definition) is 4. The molecule has 4 nitrogen and oxygen atoms in total. The van der Waals surface area contributed by atoms with E-state index in [9.17, 15) is 9.90 Å². The lowest BCUT2D eigenvalue weighted by Gasteiger charge is -2.40. The van der Waals surface area contributed by atoms with Crippen LogP contribution in [0.3, 0.4) is 0 Å². The zero-order chi connectivity index (χ0) is 13.4. The number of carbonyl (C=O) groups excluding carboxylic acids is 1. The highest BCUT2D eigenvalue weighted by Gasteiger charge is 2.31. The van der Waals surface area contributed by atoms with Crippen LogP contribution in [-0.2, 0) is 9.53 Å². The molecule has 1 aliphatic rings. The lowest BCUT2D eigenvalue weighted by atomic mass is 9.77. The van der Waals surface area contributed by atoms with Crippen molar-refractivity contribution in [1.82, 2.24) is 4.90 Å². The molecule has 1 N–H and O–H groups in total. The molecule has 0 aliphatic carbocycles. The van der Waals surface area contributed by atoms with Gasteiger partial charge in [0, 0.05) is 13.0 Å². The molecule has 0 aromatic carbocycles. The van der Waals surface area contributed by atoms with E-state index >= 15 is 0 Å². The van der Waals surface area contributed by atoms with Gasteiger partial charge in [-0.1, -0.05) is 6.92 Å². The third kappa shape index (κ3) is 4.58. The number of hydrogen-bond donors (Lipinski definition) is 1. The summed E-state index contributed by atoms with van der Waals surface area (Å²) in [5.74, 6) is -0.0900. The highest BCUT2D eigenvalue weighted by atomic mass is 16.5. The number of likely N-dealkylation sites (tertiary alicyclic amines) is 1. The molecule has 1 fully saturated rings. The van der Waals surface area contributed by atoms with Crippen molar-refractivity contribution in [2.75, 3.05) is 32.8 Å². The number of ether oxygens (including phenoxy) is 1. The zero-order valence-electron chi connectivity index (χ0n) is 11.8. The second-order valence-electron chi connectivity index (χ2n) is 5.26. The van der Waals surface area contributed by atoms with Crippen molar-refractivity contribution in [3.05, 3.63) is 0 Å². The predicted molar refractivity (Wildman–Crippen MR) is 71.4 cm³/mol. The third-order valence-electron chi connectivity index (χ3n) is 4.16. The van der Waals surface area contributed by atoms with Crippen molar-refractivity contribution in [3.8, 4) is 0 Å². The standard InChI is InChI=1S/C14H27NO3/c1-3-14(12-16)7-10-15(11-8-14)9-5-6-13(17)18-4-2/h16H,3-12H2,1-2H3. The monoisotopic (exact) mass is 257 g/mol. The normalized spacial score (nSPS) is 19.7. The smallest absolute Gasteiger partial charge is 0.305 e. The van der Waals surface area contributed by atoms with Crippen molar-refractivity contribution in [2.24, 2.45) is 5.41 Å². The van der Waals surface area contributed by atoms with Gasteiger partial charge in [-0.05, 0) is 57.7 Å². The summed E-state index contributed by atoms with van der Waals surface area (Å²) in [6, 6.07) is 0. The molecule has 106 valence electrons. The molecule has 1 aliphatic heterocycles. The first-order valence-corrected chi connectivity index (χ1v) is 7.14. The first-order chi connectivity index (χ1) is 8.65. The van der Waals surface area contributed by atoms with E-state index in [-0.39, 0.29) is 11.4 Å². The Morgan fingerprint density at radius 3 is 2.50 bits per heavy atom. The van der Waals surface area contributed by atoms with Crippen LogP contribution in [0.25, 0.3) is 0 Å². The summed E-state index contributed by atoms with van der Waals surface area (Å²) in [7, 11) is 0. The Kier molecular flexibility index (Phi) is 6.65. The molecule has 0 spiro atoms. The Hall–Kier alpha value is -0.610. The quantitative estimate of drug-likeness (QED) is 0.707. The van der Waals surface area contributed by atoms with E-state index in [0.717, 1.165) is 45.3 Å². The van der Waals surface area contributed by atoms with Gasteiger partial charge in [-0.2, -0.15) is 0 Å². The van der Waals surface area contributed by atoms with E-state index in [0.29, 0.717) is 19.6 Å². The number of rotatable bonds is 7. The molecular weight excluding hydrogens is 230 g/mol. The molecule has 0 aromatic rings. The molecule has 4 heteroatoms. The van der Waals surface area contributed by atoms with Crippen molar-refractivity contribution in [2.45, 2.75) is 46.0 Å². The van der Waals surface area contributed by atoms with Gasteiger partial charge in [0.1, 0.15) is 0 Å². The zero-order valence-corrected chi connectivity index (χ0v) is 11.8. The van der Waals surface area contributed by atoms with Crippen LogP contribution in [0.15, 0.2) is 0 Å². The van der Waals surface area contributed by atoms with E-state index in [1.807, 2.05) is 6.92 Å². The van der Waals surface area contributed by atoms with Crippen LogP contribution in [-0.4, -0.2) is 48.8 Å². The molecule has 0 atom stereocenters. The van der Waals surface area contributed by atoms with Gasteiger partial charge >= 0.3 is 5.97 Å². The number of esters is 1. The van der Waals surface area contributed by atoms with Crippen molar-refractivity contribution >= 4 is 5.97 Å². The maximum absolute atomic E-state index is 11.2. The fourth-order valence-corrected chi connectivity index (χ4v) is 2.55. The Balaban J connectivity index is 2.18. The summed E-state index contributed by atoms with van der Waals surface area (Å²) in [5.41, 5.74) is 0.150. The van der Waals surface area contributed by atoms with E-state index in [1.165, 1.54) is 0 Å². The van der Waals surface area contributed by atoms with Crippen LogP contribution in [0.2, 0.25) is 0 Å². The summed E-state index contributed by atoms with van der Waals surface area (Å²) < 4.78 is 4.91. The van der Waals surface area contributed by atoms with Crippen LogP contribution in [0.5, 0.6) is 0 Å². The molecule has 1 rings (SSSR count). The minimum atomic E-state index is -0.0900. The lowest BCUT2D eigenvalue weighted by molar-refractivity contribution is -0.143. The van der Waals surface area contributed by atoms with Crippen molar-refractivity contribution in [1.29, 1.82) is 0 Å². The van der Waals surface area contributed by atoms with E-state index in [2.05, 4.69) is 11.8 Å². The summed E-state index contributed by atoms with van der Waals surface area (Å²) in [5, 5.41) is 9.46.